The first-order chi connectivity index (χ1) is 9.47. The SMILES string of the molecule is CN(Cc1cccc(Cl)c1)C(=O)c1cc(Br)ccc1Br. The van der Waals surface area contributed by atoms with E-state index < -0.39 is 0 Å². The number of carbonyl (C=O) groups excluding carboxylic acids is 1. The fourth-order valence-corrected chi connectivity index (χ4v) is 2.84. The highest BCUT2D eigenvalue weighted by Crippen LogP contribution is 2.23. The molecule has 2 aromatic carbocycles. The molecule has 0 spiro atoms. The van der Waals surface area contributed by atoms with Crippen LogP contribution in [0.1, 0.15) is 15.9 Å². The third-order valence-electron chi connectivity index (χ3n) is 2.81. The van der Waals surface area contributed by atoms with Gasteiger partial charge in [-0.15, -0.1) is 0 Å². The van der Waals surface area contributed by atoms with E-state index in [0.717, 1.165) is 14.5 Å². The lowest BCUT2D eigenvalue weighted by atomic mass is 10.1. The number of amides is 1. The minimum absolute atomic E-state index is 0.0434. The Hall–Kier alpha value is -0.840. The molecule has 0 aliphatic carbocycles. The van der Waals surface area contributed by atoms with Gasteiger partial charge in [0.05, 0.1) is 5.56 Å². The molecule has 1 amide bonds. The topological polar surface area (TPSA) is 20.3 Å². The molecular formula is C15H12Br2ClNO. The summed E-state index contributed by atoms with van der Waals surface area (Å²) in [6.07, 6.45) is 0. The van der Waals surface area contributed by atoms with E-state index in [1.54, 1.807) is 18.0 Å². The Morgan fingerprint density at radius 3 is 2.65 bits per heavy atom. The monoisotopic (exact) mass is 415 g/mol. The van der Waals surface area contributed by atoms with Crippen molar-refractivity contribution >= 4 is 49.4 Å². The van der Waals surface area contributed by atoms with Crippen molar-refractivity contribution < 1.29 is 4.79 Å². The fourth-order valence-electron chi connectivity index (χ4n) is 1.85. The van der Waals surface area contributed by atoms with E-state index in [1.165, 1.54) is 0 Å². The maximum absolute atomic E-state index is 12.4. The average Bonchev–Trinajstić information content (AvgIpc) is 2.40. The molecular weight excluding hydrogens is 405 g/mol. The van der Waals surface area contributed by atoms with E-state index in [1.807, 2.05) is 36.4 Å². The minimum atomic E-state index is -0.0434. The Labute approximate surface area is 140 Å². The zero-order chi connectivity index (χ0) is 14.7. The van der Waals surface area contributed by atoms with Crippen molar-refractivity contribution in [1.82, 2.24) is 4.90 Å². The molecule has 20 heavy (non-hydrogen) atoms. The largest absolute Gasteiger partial charge is 0.337 e. The van der Waals surface area contributed by atoms with E-state index in [4.69, 9.17) is 11.6 Å². The Bertz CT molecular complexity index is 646. The summed E-state index contributed by atoms with van der Waals surface area (Å²) < 4.78 is 1.66. The van der Waals surface area contributed by atoms with Gasteiger partial charge in [0.15, 0.2) is 0 Å². The average molecular weight is 418 g/mol. The first kappa shape index (κ1) is 15.5. The Kier molecular flexibility index (Phi) is 5.24. The van der Waals surface area contributed by atoms with E-state index in [-0.39, 0.29) is 5.91 Å². The quantitative estimate of drug-likeness (QED) is 0.677. The molecule has 2 nitrogen and oxygen atoms in total. The van der Waals surface area contributed by atoms with Crippen molar-refractivity contribution in [2.45, 2.75) is 6.54 Å². The second-order valence-electron chi connectivity index (χ2n) is 4.42. The van der Waals surface area contributed by atoms with Gasteiger partial charge in [0.1, 0.15) is 0 Å². The van der Waals surface area contributed by atoms with Crippen LogP contribution in [0.3, 0.4) is 0 Å². The van der Waals surface area contributed by atoms with Gasteiger partial charge in [-0.1, -0.05) is 39.7 Å². The number of halogens is 3. The van der Waals surface area contributed by atoms with Crippen molar-refractivity contribution in [2.24, 2.45) is 0 Å². The van der Waals surface area contributed by atoms with E-state index in [9.17, 15) is 4.79 Å². The smallest absolute Gasteiger partial charge is 0.255 e. The molecule has 0 aliphatic rings. The van der Waals surface area contributed by atoms with Crippen LogP contribution in [0, 0.1) is 0 Å². The summed E-state index contributed by atoms with van der Waals surface area (Å²) in [5.41, 5.74) is 1.63. The predicted octanol–water partition coefficient (Wildman–Crippen LogP) is 5.14. The zero-order valence-electron chi connectivity index (χ0n) is 10.7. The third kappa shape index (κ3) is 3.84. The number of rotatable bonds is 3. The second-order valence-corrected chi connectivity index (χ2v) is 6.62. The molecule has 0 saturated heterocycles. The van der Waals surface area contributed by atoms with Crippen molar-refractivity contribution in [3.63, 3.8) is 0 Å². The number of nitrogens with zero attached hydrogens (tertiary/aromatic N) is 1. The van der Waals surface area contributed by atoms with Crippen LogP contribution < -0.4 is 0 Å². The lowest BCUT2D eigenvalue weighted by molar-refractivity contribution is 0.0784. The van der Waals surface area contributed by atoms with Crippen molar-refractivity contribution in [3.05, 3.63) is 67.6 Å². The van der Waals surface area contributed by atoms with E-state index >= 15 is 0 Å². The molecule has 0 unspecified atom stereocenters. The van der Waals surface area contributed by atoms with Crippen molar-refractivity contribution in [2.75, 3.05) is 7.05 Å². The summed E-state index contributed by atoms with van der Waals surface area (Å²) in [7, 11) is 1.77. The standard InChI is InChI=1S/C15H12Br2ClNO/c1-19(9-10-3-2-4-12(18)7-10)15(20)13-8-11(16)5-6-14(13)17/h2-8H,9H2,1H3. The summed E-state index contributed by atoms with van der Waals surface area (Å²) in [6, 6.07) is 13.1. The normalized spacial score (nSPS) is 10.4. The first-order valence-electron chi connectivity index (χ1n) is 5.92. The number of hydrogen-bond acceptors (Lipinski definition) is 1. The van der Waals surface area contributed by atoms with Crippen LogP contribution in [0.5, 0.6) is 0 Å². The molecule has 0 aliphatic heterocycles. The Balaban J connectivity index is 2.18. The minimum Gasteiger partial charge on any atom is -0.337 e. The van der Waals surface area contributed by atoms with Crippen LogP contribution in [0.25, 0.3) is 0 Å². The molecule has 0 bridgehead atoms. The van der Waals surface area contributed by atoms with Crippen LogP contribution >= 0.6 is 43.5 Å². The van der Waals surface area contributed by atoms with Gasteiger partial charge in [0.2, 0.25) is 0 Å². The summed E-state index contributed by atoms with van der Waals surface area (Å²) in [5.74, 6) is -0.0434. The molecule has 104 valence electrons. The van der Waals surface area contributed by atoms with Crippen LogP contribution in [0.2, 0.25) is 5.02 Å². The highest BCUT2D eigenvalue weighted by molar-refractivity contribution is 9.11. The molecule has 0 N–H and O–H groups in total. The van der Waals surface area contributed by atoms with Gasteiger partial charge < -0.3 is 4.90 Å². The van der Waals surface area contributed by atoms with Gasteiger partial charge >= 0.3 is 0 Å². The fraction of sp³-hybridized carbons (Fsp3) is 0.133. The van der Waals surface area contributed by atoms with Crippen LogP contribution in [0.15, 0.2) is 51.4 Å². The van der Waals surface area contributed by atoms with Gasteiger partial charge in [-0.25, -0.2) is 0 Å². The molecule has 0 aromatic heterocycles. The number of hydrogen-bond donors (Lipinski definition) is 0. The highest BCUT2D eigenvalue weighted by atomic mass is 79.9. The highest BCUT2D eigenvalue weighted by Gasteiger charge is 2.15. The summed E-state index contributed by atoms with van der Waals surface area (Å²) in [6.45, 7) is 0.512. The lowest BCUT2D eigenvalue weighted by Gasteiger charge is -2.18. The lowest BCUT2D eigenvalue weighted by Crippen LogP contribution is -2.26. The molecule has 2 aromatic rings. The zero-order valence-corrected chi connectivity index (χ0v) is 14.7. The Morgan fingerprint density at radius 1 is 1.20 bits per heavy atom. The van der Waals surface area contributed by atoms with Crippen LogP contribution in [-0.2, 0) is 6.54 Å². The molecule has 0 atom stereocenters. The molecule has 2 rings (SSSR count). The summed E-state index contributed by atoms with van der Waals surface area (Å²) in [5, 5.41) is 0.673. The second kappa shape index (κ2) is 6.74. The number of benzene rings is 2. The maximum Gasteiger partial charge on any atom is 0.255 e. The van der Waals surface area contributed by atoms with Gasteiger partial charge in [0, 0.05) is 27.6 Å². The molecule has 0 heterocycles. The van der Waals surface area contributed by atoms with Crippen molar-refractivity contribution in [3.8, 4) is 0 Å². The first-order valence-corrected chi connectivity index (χ1v) is 7.89. The van der Waals surface area contributed by atoms with E-state index in [2.05, 4.69) is 31.9 Å². The molecule has 5 heteroatoms. The van der Waals surface area contributed by atoms with Crippen molar-refractivity contribution in [1.29, 1.82) is 0 Å². The van der Waals surface area contributed by atoms with Gasteiger partial charge in [-0.05, 0) is 51.8 Å². The van der Waals surface area contributed by atoms with Gasteiger partial charge in [-0.3, -0.25) is 4.79 Å². The van der Waals surface area contributed by atoms with Gasteiger partial charge in [-0.2, -0.15) is 0 Å². The van der Waals surface area contributed by atoms with Crippen LogP contribution in [-0.4, -0.2) is 17.9 Å². The third-order valence-corrected chi connectivity index (χ3v) is 4.23. The summed E-state index contributed by atoms with van der Waals surface area (Å²) in [4.78, 5) is 14.1. The maximum atomic E-state index is 12.4. The summed E-state index contributed by atoms with van der Waals surface area (Å²) >= 11 is 12.7. The molecule has 0 saturated carbocycles. The molecule has 0 fully saturated rings. The molecule has 0 radical (unpaired) electrons. The predicted molar refractivity (Wildman–Crippen MR) is 89.1 cm³/mol. The van der Waals surface area contributed by atoms with Crippen LogP contribution in [0.4, 0.5) is 0 Å². The van der Waals surface area contributed by atoms with Gasteiger partial charge in [0.25, 0.3) is 5.91 Å². The Morgan fingerprint density at radius 2 is 1.95 bits per heavy atom. The number of carbonyl (C=O) groups is 1. The van der Waals surface area contributed by atoms with E-state index in [0.29, 0.717) is 17.1 Å².